The molecule has 3 unspecified atom stereocenters. The van der Waals surface area contributed by atoms with Gasteiger partial charge in [-0.15, -0.1) is 0 Å². The Labute approximate surface area is 115 Å². The molecule has 0 bridgehead atoms. The molecule has 1 aliphatic carbocycles. The van der Waals surface area contributed by atoms with Crippen molar-refractivity contribution >= 4 is 0 Å². The van der Waals surface area contributed by atoms with E-state index in [2.05, 4.69) is 58.9 Å². The molecule has 1 saturated carbocycles. The molecule has 1 rings (SSSR count). The molecular weight excluding hydrogens is 220 g/mol. The molecule has 1 fully saturated rings. The summed E-state index contributed by atoms with van der Waals surface area (Å²) in [6.45, 7) is 11.9. The molecule has 18 heavy (non-hydrogen) atoms. The van der Waals surface area contributed by atoms with Gasteiger partial charge in [0.1, 0.15) is 0 Å². The zero-order valence-electron chi connectivity index (χ0n) is 13.6. The molecule has 0 saturated heterocycles. The van der Waals surface area contributed by atoms with Gasteiger partial charge in [-0.05, 0) is 58.0 Å². The van der Waals surface area contributed by atoms with Gasteiger partial charge in [-0.1, -0.05) is 27.7 Å². The Kier molecular flexibility index (Phi) is 5.67. The normalized spacial score (nSPS) is 29.8. The minimum Gasteiger partial charge on any atom is -0.315 e. The standard InChI is InChI=1S/C16H34N2/c1-12(2)10-13(3)18(7)15-11-16(4,5)9-8-14(15)17-6/h12-15,17H,8-11H2,1-7H3. The maximum atomic E-state index is 3.54. The molecule has 2 nitrogen and oxygen atoms in total. The molecule has 108 valence electrons. The van der Waals surface area contributed by atoms with Gasteiger partial charge < -0.3 is 5.32 Å². The van der Waals surface area contributed by atoms with Gasteiger partial charge in [-0.25, -0.2) is 0 Å². The fourth-order valence-corrected chi connectivity index (χ4v) is 3.49. The van der Waals surface area contributed by atoms with Crippen LogP contribution in [0.25, 0.3) is 0 Å². The Hall–Kier alpha value is -0.0800. The first kappa shape index (κ1) is 16.0. The average molecular weight is 254 g/mol. The SMILES string of the molecule is CNC1CCC(C)(C)CC1N(C)C(C)CC(C)C. The van der Waals surface area contributed by atoms with Gasteiger partial charge in [0.05, 0.1) is 0 Å². The summed E-state index contributed by atoms with van der Waals surface area (Å²) in [6, 6.07) is 2.03. The number of nitrogens with zero attached hydrogens (tertiary/aromatic N) is 1. The second-order valence-electron chi connectivity index (χ2n) is 7.51. The van der Waals surface area contributed by atoms with Crippen LogP contribution in [0.2, 0.25) is 0 Å². The van der Waals surface area contributed by atoms with Gasteiger partial charge in [0.15, 0.2) is 0 Å². The van der Waals surface area contributed by atoms with Gasteiger partial charge in [-0.2, -0.15) is 0 Å². The van der Waals surface area contributed by atoms with Crippen molar-refractivity contribution in [3.8, 4) is 0 Å². The van der Waals surface area contributed by atoms with Crippen LogP contribution < -0.4 is 5.32 Å². The Morgan fingerprint density at radius 2 is 1.89 bits per heavy atom. The summed E-state index contributed by atoms with van der Waals surface area (Å²) >= 11 is 0. The van der Waals surface area contributed by atoms with Crippen molar-refractivity contribution in [3.05, 3.63) is 0 Å². The number of likely N-dealkylation sites (N-methyl/N-ethyl adjacent to an activating group) is 2. The van der Waals surface area contributed by atoms with Gasteiger partial charge in [0.25, 0.3) is 0 Å². The van der Waals surface area contributed by atoms with E-state index in [1.807, 2.05) is 0 Å². The van der Waals surface area contributed by atoms with Crippen molar-refractivity contribution < 1.29 is 0 Å². The van der Waals surface area contributed by atoms with E-state index in [4.69, 9.17) is 0 Å². The zero-order valence-corrected chi connectivity index (χ0v) is 13.6. The Balaban J connectivity index is 2.69. The highest BCUT2D eigenvalue weighted by molar-refractivity contribution is 4.94. The van der Waals surface area contributed by atoms with Crippen LogP contribution in [0.5, 0.6) is 0 Å². The van der Waals surface area contributed by atoms with E-state index in [0.29, 0.717) is 23.5 Å². The van der Waals surface area contributed by atoms with E-state index in [1.165, 1.54) is 25.7 Å². The van der Waals surface area contributed by atoms with Crippen LogP contribution in [0.3, 0.4) is 0 Å². The minimum atomic E-state index is 0.504. The zero-order chi connectivity index (χ0) is 13.9. The van der Waals surface area contributed by atoms with E-state index in [9.17, 15) is 0 Å². The molecule has 0 aromatic carbocycles. The first-order valence-corrected chi connectivity index (χ1v) is 7.66. The number of rotatable bonds is 5. The molecule has 2 heteroatoms. The molecule has 0 radical (unpaired) electrons. The van der Waals surface area contributed by atoms with Crippen LogP contribution >= 0.6 is 0 Å². The maximum absolute atomic E-state index is 3.54. The van der Waals surface area contributed by atoms with Crippen molar-refractivity contribution in [1.82, 2.24) is 10.2 Å². The van der Waals surface area contributed by atoms with E-state index in [-0.39, 0.29) is 0 Å². The Morgan fingerprint density at radius 3 is 2.39 bits per heavy atom. The fourth-order valence-electron chi connectivity index (χ4n) is 3.49. The van der Waals surface area contributed by atoms with Gasteiger partial charge in [0, 0.05) is 18.1 Å². The fraction of sp³-hybridized carbons (Fsp3) is 1.00. The van der Waals surface area contributed by atoms with Crippen molar-refractivity contribution in [2.24, 2.45) is 11.3 Å². The van der Waals surface area contributed by atoms with Crippen LogP contribution in [0.4, 0.5) is 0 Å². The molecule has 0 amide bonds. The predicted molar refractivity (Wildman–Crippen MR) is 80.9 cm³/mol. The van der Waals surface area contributed by atoms with Gasteiger partial charge in [-0.3, -0.25) is 4.90 Å². The summed E-state index contributed by atoms with van der Waals surface area (Å²) in [6.07, 6.45) is 5.27. The van der Waals surface area contributed by atoms with Crippen LogP contribution in [-0.2, 0) is 0 Å². The lowest BCUT2D eigenvalue weighted by Crippen LogP contribution is -2.55. The molecule has 0 spiro atoms. The Bertz CT molecular complexity index is 247. The summed E-state index contributed by atoms with van der Waals surface area (Å²) in [5.41, 5.74) is 0.504. The quantitative estimate of drug-likeness (QED) is 0.807. The van der Waals surface area contributed by atoms with Crippen molar-refractivity contribution in [3.63, 3.8) is 0 Å². The smallest absolute Gasteiger partial charge is 0.0254 e. The van der Waals surface area contributed by atoms with Crippen LogP contribution in [0.1, 0.15) is 60.3 Å². The second kappa shape index (κ2) is 6.38. The third-order valence-electron chi connectivity index (χ3n) is 4.76. The summed E-state index contributed by atoms with van der Waals surface area (Å²) < 4.78 is 0. The van der Waals surface area contributed by atoms with E-state index >= 15 is 0 Å². The monoisotopic (exact) mass is 254 g/mol. The van der Waals surface area contributed by atoms with Crippen molar-refractivity contribution in [2.75, 3.05) is 14.1 Å². The summed E-state index contributed by atoms with van der Waals surface area (Å²) in [7, 11) is 4.44. The average Bonchev–Trinajstić information content (AvgIpc) is 2.26. The highest BCUT2D eigenvalue weighted by atomic mass is 15.2. The lowest BCUT2D eigenvalue weighted by molar-refractivity contribution is 0.0561. The molecular formula is C16H34N2. The highest BCUT2D eigenvalue weighted by Gasteiger charge is 2.37. The lowest BCUT2D eigenvalue weighted by atomic mass is 9.72. The van der Waals surface area contributed by atoms with Crippen LogP contribution in [0, 0.1) is 11.3 Å². The third-order valence-corrected chi connectivity index (χ3v) is 4.76. The topological polar surface area (TPSA) is 15.3 Å². The van der Waals surface area contributed by atoms with Crippen LogP contribution in [0.15, 0.2) is 0 Å². The van der Waals surface area contributed by atoms with E-state index in [0.717, 1.165) is 5.92 Å². The predicted octanol–water partition coefficient (Wildman–Crippen LogP) is 3.52. The molecule has 0 aromatic heterocycles. The lowest BCUT2D eigenvalue weighted by Gasteiger charge is -2.47. The van der Waals surface area contributed by atoms with Crippen molar-refractivity contribution in [1.29, 1.82) is 0 Å². The second-order valence-corrected chi connectivity index (χ2v) is 7.51. The largest absolute Gasteiger partial charge is 0.315 e. The summed E-state index contributed by atoms with van der Waals surface area (Å²) in [5.74, 6) is 0.784. The van der Waals surface area contributed by atoms with E-state index in [1.54, 1.807) is 0 Å². The molecule has 3 atom stereocenters. The molecule has 0 aromatic rings. The molecule has 1 N–H and O–H groups in total. The van der Waals surface area contributed by atoms with Gasteiger partial charge >= 0.3 is 0 Å². The molecule has 0 heterocycles. The maximum Gasteiger partial charge on any atom is 0.0254 e. The number of nitrogens with one attached hydrogen (secondary N) is 1. The summed E-state index contributed by atoms with van der Waals surface area (Å²) in [4.78, 5) is 2.63. The molecule has 1 aliphatic rings. The third kappa shape index (κ3) is 4.24. The summed E-state index contributed by atoms with van der Waals surface area (Å²) in [5, 5.41) is 3.54. The Morgan fingerprint density at radius 1 is 1.28 bits per heavy atom. The molecule has 0 aliphatic heterocycles. The first-order valence-electron chi connectivity index (χ1n) is 7.66. The minimum absolute atomic E-state index is 0.504. The number of hydrogen-bond donors (Lipinski definition) is 1. The highest BCUT2D eigenvalue weighted by Crippen LogP contribution is 2.37. The van der Waals surface area contributed by atoms with E-state index < -0.39 is 0 Å². The van der Waals surface area contributed by atoms with Gasteiger partial charge in [0.2, 0.25) is 0 Å². The first-order chi connectivity index (χ1) is 8.26. The van der Waals surface area contributed by atoms with Crippen LogP contribution in [-0.4, -0.2) is 37.1 Å². The number of hydrogen-bond acceptors (Lipinski definition) is 2. The van der Waals surface area contributed by atoms with Crippen molar-refractivity contribution in [2.45, 2.75) is 78.4 Å².